The van der Waals surface area contributed by atoms with Gasteiger partial charge in [0.2, 0.25) is 0 Å². The number of rotatable bonds is 0. The summed E-state index contributed by atoms with van der Waals surface area (Å²) in [5.41, 5.74) is 17.1. The maximum atomic E-state index is 11.1. The zero-order valence-electron chi connectivity index (χ0n) is 14.3. The first-order chi connectivity index (χ1) is 11.2. The fourth-order valence-electron chi connectivity index (χ4n) is 2.29. The van der Waals surface area contributed by atoms with E-state index in [1.165, 1.54) is 5.56 Å². The Morgan fingerprint density at radius 2 is 1.29 bits per heavy atom. The maximum absolute atomic E-state index is 11.1. The minimum atomic E-state index is -0.610. The number of aryl methyl sites for hydroxylation is 3. The van der Waals surface area contributed by atoms with Crippen LogP contribution in [-0.4, -0.2) is 9.97 Å². The summed E-state index contributed by atoms with van der Waals surface area (Å²) in [5.74, 6) is 0. The Hall–Kier alpha value is -3.02. The number of nitrogen functional groups attached to an aromatic ring is 2. The molecule has 0 aliphatic carbocycles. The first-order valence-electron chi connectivity index (χ1n) is 7.56. The number of H-pyrrole nitrogens is 2. The molecule has 0 saturated heterocycles. The van der Waals surface area contributed by atoms with Crippen LogP contribution < -0.4 is 22.6 Å². The van der Waals surface area contributed by atoms with Gasteiger partial charge in [0, 0.05) is 0 Å². The van der Waals surface area contributed by atoms with Crippen molar-refractivity contribution in [2.24, 2.45) is 0 Å². The molecule has 24 heavy (non-hydrogen) atoms. The molecule has 0 aliphatic heterocycles. The van der Waals surface area contributed by atoms with Gasteiger partial charge in [0.1, 0.15) is 0 Å². The SMILES string of the molecule is Cc1ccc(N)c(N)c1C.Cc1ccc2[nH]c(=O)c(=O)[nH]c2c1C. The number of hydrogen-bond donors (Lipinski definition) is 4. The van der Waals surface area contributed by atoms with E-state index in [1.807, 2.05) is 45.9 Å². The van der Waals surface area contributed by atoms with E-state index in [1.54, 1.807) is 6.07 Å². The van der Waals surface area contributed by atoms with Gasteiger partial charge >= 0.3 is 11.1 Å². The minimum Gasteiger partial charge on any atom is -0.397 e. The van der Waals surface area contributed by atoms with Gasteiger partial charge in [-0.05, 0) is 62.1 Å². The number of aromatic amines is 2. The number of anilines is 2. The second-order valence-corrected chi connectivity index (χ2v) is 5.85. The van der Waals surface area contributed by atoms with Crippen molar-refractivity contribution < 1.29 is 0 Å². The lowest BCUT2D eigenvalue weighted by atomic mass is 10.1. The van der Waals surface area contributed by atoms with E-state index in [-0.39, 0.29) is 0 Å². The third-order valence-corrected chi connectivity index (χ3v) is 4.25. The van der Waals surface area contributed by atoms with Gasteiger partial charge in [-0.3, -0.25) is 9.59 Å². The van der Waals surface area contributed by atoms with Crippen molar-refractivity contribution >= 4 is 22.4 Å². The number of aromatic nitrogens is 2. The highest BCUT2D eigenvalue weighted by atomic mass is 16.2. The topological polar surface area (TPSA) is 118 Å². The van der Waals surface area contributed by atoms with Crippen LogP contribution in [0, 0.1) is 27.7 Å². The van der Waals surface area contributed by atoms with Crippen LogP contribution in [0.3, 0.4) is 0 Å². The molecule has 2 aromatic carbocycles. The smallest absolute Gasteiger partial charge is 0.314 e. The van der Waals surface area contributed by atoms with Crippen LogP contribution in [0.25, 0.3) is 11.0 Å². The molecule has 0 saturated carbocycles. The molecule has 0 amide bonds. The largest absolute Gasteiger partial charge is 0.397 e. The first kappa shape index (κ1) is 17.3. The number of benzene rings is 2. The zero-order valence-corrected chi connectivity index (χ0v) is 14.3. The van der Waals surface area contributed by atoms with E-state index in [0.29, 0.717) is 22.4 Å². The maximum Gasteiger partial charge on any atom is 0.314 e. The Morgan fingerprint density at radius 3 is 1.92 bits per heavy atom. The number of fused-ring (bicyclic) bond motifs is 1. The van der Waals surface area contributed by atoms with Crippen molar-refractivity contribution in [1.29, 1.82) is 0 Å². The Kier molecular flexibility index (Phi) is 4.78. The molecule has 0 radical (unpaired) electrons. The summed E-state index contributed by atoms with van der Waals surface area (Å²) in [6.45, 7) is 7.86. The number of nitrogens with one attached hydrogen (secondary N) is 2. The van der Waals surface area contributed by atoms with E-state index in [4.69, 9.17) is 11.5 Å². The molecule has 126 valence electrons. The van der Waals surface area contributed by atoms with Crippen LogP contribution in [0.2, 0.25) is 0 Å². The van der Waals surface area contributed by atoms with Crippen LogP contribution in [-0.2, 0) is 0 Å². The molecule has 6 nitrogen and oxygen atoms in total. The Morgan fingerprint density at radius 1 is 0.750 bits per heavy atom. The zero-order chi connectivity index (χ0) is 18.0. The summed E-state index contributed by atoms with van der Waals surface area (Å²) in [5, 5.41) is 0. The number of hydrogen-bond acceptors (Lipinski definition) is 4. The second kappa shape index (κ2) is 6.62. The van der Waals surface area contributed by atoms with Crippen LogP contribution in [0.5, 0.6) is 0 Å². The molecule has 1 heterocycles. The lowest BCUT2D eigenvalue weighted by Crippen LogP contribution is -2.29. The Balaban J connectivity index is 0.000000185. The molecule has 6 N–H and O–H groups in total. The van der Waals surface area contributed by atoms with Crippen molar-refractivity contribution in [3.63, 3.8) is 0 Å². The van der Waals surface area contributed by atoms with Crippen molar-refractivity contribution in [3.05, 3.63) is 67.2 Å². The summed E-state index contributed by atoms with van der Waals surface area (Å²) in [6, 6.07) is 7.50. The summed E-state index contributed by atoms with van der Waals surface area (Å²) in [7, 11) is 0. The molecule has 3 rings (SSSR count). The second-order valence-electron chi connectivity index (χ2n) is 5.85. The lowest BCUT2D eigenvalue weighted by molar-refractivity contribution is 1.13. The summed E-state index contributed by atoms with van der Waals surface area (Å²) < 4.78 is 0. The molecule has 6 heteroatoms. The van der Waals surface area contributed by atoms with E-state index >= 15 is 0 Å². The number of nitrogens with two attached hydrogens (primary N) is 2. The summed E-state index contributed by atoms with van der Waals surface area (Å²) in [6.07, 6.45) is 0. The molecule has 0 spiro atoms. The monoisotopic (exact) mass is 326 g/mol. The fourth-order valence-corrected chi connectivity index (χ4v) is 2.29. The standard InChI is InChI=1S/C10H10N2O2.C8H12N2/c1-5-3-4-7-8(6(5)2)12-10(14)9(13)11-7;1-5-3-4-7(9)8(10)6(5)2/h3-4H,1-2H3,(H,11,13)(H,12,14);3-4H,9-10H2,1-2H3. The fraction of sp³-hybridized carbons (Fsp3) is 0.222. The Bertz CT molecular complexity index is 989. The predicted molar refractivity (Wildman–Crippen MR) is 99.4 cm³/mol. The molecule has 0 unspecified atom stereocenters. The minimum absolute atomic E-state index is 0.605. The highest BCUT2D eigenvalue weighted by Gasteiger charge is 2.03. The highest BCUT2D eigenvalue weighted by molar-refractivity contribution is 5.78. The van der Waals surface area contributed by atoms with Crippen LogP contribution >= 0.6 is 0 Å². The third kappa shape index (κ3) is 3.32. The summed E-state index contributed by atoms with van der Waals surface area (Å²) >= 11 is 0. The third-order valence-electron chi connectivity index (χ3n) is 4.25. The van der Waals surface area contributed by atoms with Crippen molar-refractivity contribution in [2.75, 3.05) is 11.5 Å². The quantitative estimate of drug-likeness (QED) is 0.374. The van der Waals surface area contributed by atoms with E-state index in [9.17, 15) is 9.59 Å². The molecule has 1 aromatic heterocycles. The lowest BCUT2D eigenvalue weighted by Gasteiger charge is -2.05. The molecule has 3 aromatic rings. The average Bonchev–Trinajstić information content (AvgIpc) is 2.55. The molecule has 0 bridgehead atoms. The van der Waals surface area contributed by atoms with E-state index in [0.717, 1.165) is 16.7 Å². The Labute approximate surface area is 139 Å². The van der Waals surface area contributed by atoms with Crippen LogP contribution in [0.1, 0.15) is 22.3 Å². The van der Waals surface area contributed by atoms with Crippen molar-refractivity contribution in [3.8, 4) is 0 Å². The normalized spacial score (nSPS) is 10.3. The van der Waals surface area contributed by atoms with Crippen LogP contribution in [0.15, 0.2) is 33.9 Å². The van der Waals surface area contributed by atoms with Gasteiger partial charge in [-0.1, -0.05) is 12.1 Å². The van der Waals surface area contributed by atoms with Crippen molar-refractivity contribution in [1.82, 2.24) is 9.97 Å². The predicted octanol–water partition coefficient (Wildman–Crippen LogP) is 2.30. The van der Waals surface area contributed by atoms with Gasteiger partial charge in [0.25, 0.3) is 0 Å². The molecule has 0 fully saturated rings. The molecular weight excluding hydrogens is 304 g/mol. The van der Waals surface area contributed by atoms with Gasteiger partial charge in [-0.15, -0.1) is 0 Å². The average molecular weight is 326 g/mol. The van der Waals surface area contributed by atoms with E-state index < -0.39 is 11.1 Å². The molecule has 0 atom stereocenters. The van der Waals surface area contributed by atoms with Gasteiger partial charge in [-0.25, -0.2) is 0 Å². The van der Waals surface area contributed by atoms with Gasteiger partial charge < -0.3 is 21.4 Å². The van der Waals surface area contributed by atoms with E-state index in [2.05, 4.69) is 9.97 Å². The summed E-state index contributed by atoms with van der Waals surface area (Å²) in [4.78, 5) is 27.2. The highest BCUT2D eigenvalue weighted by Crippen LogP contribution is 2.21. The van der Waals surface area contributed by atoms with Gasteiger partial charge in [0.05, 0.1) is 22.4 Å². The van der Waals surface area contributed by atoms with Gasteiger partial charge in [-0.2, -0.15) is 0 Å². The molecule has 0 aliphatic rings. The van der Waals surface area contributed by atoms with Crippen molar-refractivity contribution in [2.45, 2.75) is 27.7 Å². The van der Waals surface area contributed by atoms with Gasteiger partial charge in [0.15, 0.2) is 0 Å². The molecular formula is C18H22N4O2. The first-order valence-corrected chi connectivity index (χ1v) is 7.56. The van der Waals surface area contributed by atoms with Crippen LogP contribution in [0.4, 0.5) is 11.4 Å².